The second kappa shape index (κ2) is 6.05. The predicted molar refractivity (Wildman–Crippen MR) is 62.3 cm³/mol. The van der Waals surface area contributed by atoms with Gasteiger partial charge in [0, 0.05) is 0 Å². The molecule has 92 valence electrons. The van der Waals surface area contributed by atoms with E-state index >= 15 is 0 Å². The first-order chi connectivity index (χ1) is 8.38. The molecule has 6 heteroatoms. The van der Waals surface area contributed by atoms with Gasteiger partial charge in [0.2, 0.25) is 5.89 Å². The van der Waals surface area contributed by atoms with Crippen molar-refractivity contribution in [2.45, 2.75) is 26.4 Å². The van der Waals surface area contributed by atoms with Crippen LogP contribution in [0.5, 0.6) is 0 Å². The molecule has 2 aromatic heterocycles. The molecule has 2 heterocycles. The van der Waals surface area contributed by atoms with Gasteiger partial charge in [-0.2, -0.15) is 0 Å². The Bertz CT molecular complexity index is 424. The lowest BCUT2D eigenvalue weighted by Crippen LogP contribution is -2.13. The zero-order valence-electron chi connectivity index (χ0n) is 9.77. The molecular weight excluding hydrogens is 220 g/mol. The van der Waals surface area contributed by atoms with Crippen molar-refractivity contribution in [3.63, 3.8) is 0 Å². The average molecular weight is 236 g/mol. The zero-order valence-corrected chi connectivity index (χ0v) is 9.77. The van der Waals surface area contributed by atoms with Crippen LogP contribution in [-0.4, -0.2) is 16.7 Å². The number of anilines is 1. The molecule has 0 unspecified atom stereocenters. The van der Waals surface area contributed by atoms with Crippen molar-refractivity contribution in [1.29, 1.82) is 0 Å². The lowest BCUT2D eigenvalue weighted by atomic mass is 10.4. The summed E-state index contributed by atoms with van der Waals surface area (Å²) < 4.78 is 10.6. The number of aromatic nitrogens is 2. The number of nitrogens with one attached hydrogen (secondary N) is 2. The summed E-state index contributed by atoms with van der Waals surface area (Å²) in [6.07, 6.45) is 2.71. The van der Waals surface area contributed by atoms with E-state index in [-0.39, 0.29) is 0 Å². The second-order valence-electron chi connectivity index (χ2n) is 3.61. The van der Waals surface area contributed by atoms with Crippen LogP contribution in [0.1, 0.15) is 25.0 Å². The first-order valence-corrected chi connectivity index (χ1v) is 5.68. The standard InChI is InChI=1S/C11H16N4O2/c1-2-5-12-8-10-14-15-11(17-10)13-7-9-4-3-6-16-9/h3-4,6,12H,2,5,7-8H2,1H3,(H,13,15). The molecule has 17 heavy (non-hydrogen) atoms. The van der Waals surface area contributed by atoms with Crippen molar-refractivity contribution < 1.29 is 8.83 Å². The first kappa shape index (κ1) is 11.7. The fourth-order valence-corrected chi connectivity index (χ4v) is 1.34. The van der Waals surface area contributed by atoms with E-state index in [0.29, 0.717) is 25.0 Å². The van der Waals surface area contributed by atoms with Gasteiger partial charge in [-0.25, -0.2) is 0 Å². The fraction of sp³-hybridized carbons (Fsp3) is 0.455. The van der Waals surface area contributed by atoms with E-state index in [0.717, 1.165) is 18.7 Å². The minimum absolute atomic E-state index is 0.412. The van der Waals surface area contributed by atoms with Crippen LogP contribution in [0.4, 0.5) is 6.01 Å². The Balaban J connectivity index is 1.77. The van der Waals surface area contributed by atoms with Crippen molar-refractivity contribution in [2.24, 2.45) is 0 Å². The maximum Gasteiger partial charge on any atom is 0.315 e. The van der Waals surface area contributed by atoms with Crippen molar-refractivity contribution in [2.75, 3.05) is 11.9 Å². The van der Waals surface area contributed by atoms with Crippen molar-refractivity contribution in [3.05, 3.63) is 30.0 Å². The molecule has 0 aliphatic rings. The number of hydrogen-bond acceptors (Lipinski definition) is 6. The van der Waals surface area contributed by atoms with Gasteiger partial charge < -0.3 is 19.5 Å². The normalized spacial score (nSPS) is 10.6. The fourth-order valence-electron chi connectivity index (χ4n) is 1.34. The molecule has 2 aromatic rings. The molecule has 0 aromatic carbocycles. The Hall–Kier alpha value is -1.82. The van der Waals surface area contributed by atoms with Crippen molar-refractivity contribution >= 4 is 6.01 Å². The maximum absolute atomic E-state index is 5.39. The van der Waals surface area contributed by atoms with Gasteiger partial charge in [-0.05, 0) is 25.1 Å². The molecule has 0 spiro atoms. The van der Waals surface area contributed by atoms with Crippen LogP contribution in [0.2, 0.25) is 0 Å². The summed E-state index contributed by atoms with van der Waals surface area (Å²) in [6.45, 7) is 4.19. The minimum atomic E-state index is 0.412. The highest BCUT2D eigenvalue weighted by Crippen LogP contribution is 2.08. The first-order valence-electron chi connectivity index (χ1n) is 5.68. The van der Waals surface area contributed by atoms with Crippen LogP contribution in [-0.2, 0) is 13.1 Å². The molecule has 2 N–H and O–H groups in total. The topological polar surface area (TPSA) is 76.1 Å². The summed E-state index contributed by atoms with van der Waals surface area (Å²) in [4.78, 5) is 0. The second-order valence-corrected chi connectivity index (χ2v) is 3.61. The average Bonchev–Trinajstić information content (AvgIpc) is 2.98. The van der Waals surface area contributed by atoms with Crippen LogP contribution in [0.3, 0.4) is 0 Å². The summed E-state index contributed by atoms with van der Waals surface area (Å²) >= 11 is 0. The molecule has 2 rings (SSSR count). The van der Waals surface area contributed by atoms with Crippen LogP contribution in [0, 0.1) is 0 Å². The third-order valence-corrected chi connectivity index (χ3v) is 2.16. The van der Waals surface area contributed by atoms with Crippen molar-refractivity contribution in [1.82, 2.24) is 15.5 Å². The SMILES string of the molecule is CCCNCc1nnc(NCc2ccco2)o1. The quantitative estimate of drug-likeness (QED) is 0.713. The Kier molecular flexibility index (Phi) is 4.15. The molecule has 0 aliphatic heterocycles. The van der Waals surface area contributed by atoms with Gasteiger partial charge in [0.1, 0.15) is 5.76 Å². The highest BCUT2D eigenvalue weighted by Gasteiger charge is 2.05. The van der Waals surface area contributed by atoms with Crippen molar-refractivity contribution in [3.8, 4) is 0 Å². The minimum Gasteiger partial charge on any atom is -0.467 e. The van der Waals surface area contributed by atoms with E-state index in [1.165, 1.54) is 0 Å². The lowest BCUT2D eigenvalue weighted by Gasteiger charge is -1.98. The van der Waals surface area contributed by atoms with E-state index in [9.17, 15) is 0 Å². The van der Waals surface area contributed by atoms with Crippen LogP contribution in [0.15, 0.2) is 27.2 Å². The summed E-state index contributed by atoms with van der Waals surface area (Å²) in [5.41, 5.74) is 0. The van der Waals surface area contributed by atoms with Gasteiger partial charge in [0.25, 0.3) is 0 Å². The zero-order chi connectivity index (χ0) is 11.9. The monoisotopic (exact) mass is 236 g/mol. The molecule has 0 aliphatic carbocycles. The number of nitrogens with zero attached hydrogens (tertiary/aromatic N) is 2. The molecule has 0 atom stereocenters. The molecule has 0 saturated carbocycles. The Morgan fingerprint density at radius 3 is 3.00 bits per heavy atom. The number of hydrogen-bond donors (Lipinski definition) is 2. The van der Waals surface area contributed by atoms with Crippen LogP contribution >= 0.6 is 0 Å². The van der Waals surface area contributed by atoms with E-state index in [2.05, 4.69) is 27.8 Å². The third kappa shape index (κ3) is 3.60. The Morgan fingerprint density at radius 1 is 1.29 bits per heavy atom. The van der Waals surface area contributed by atoms with Gasteiger partial charge >= 0.3 is 6.01 Å². The van der Waals surface area contributed by atoms with Gasteiger partial charge in [0.15, 0.2) is 0 Å². The van der Waals surface area contributed by atoms with Gasteiger partial charge in [0.05, 0.1) is 19.4 Å². The summed E-state index contributed by atoms with van der Waals surface area (Å²) in [6, 6.07) is 4.13. The summed E-state index contributed by atoms with van der Waals surface area (Å²) in [5.74, 6) is 1.41. The third-order valence-electron chi connectivity index (χ3n) is 2.16. The Morgan fingerprint density at radius 2 is 2.24 bits per heavy atom. The molecule has 0 saturated heterocycles. The molecular formula is C11H16N4O2. The summed E-state index contributed by atoms with van der Waals surface area (Å²) in [5, 5.41) is 14.0. The largest absolute Gasteiger partial charge is 0.467 e. The number of rotatable bonds is 7. The number of furan rings is 1. The molecule has 0 radical (unpaired) electrons. The molecule has 0 fully saturated rings. The van der Waals surface area contributed by atoms with Gasteiger partial charge in [-0.3, -0.25) is 0 Å². The van der Waals surface area contributed by atoms with Gasteiger partial charge in [-0.15, -0.1) is 5.10 Å². The smallest absolute Gasteiger partial charge is 0.315 e. The maximum atomic E-state index is 5.39. The van der Waals surface area contributed by atoms with E-state index in [1.807, 2.05) is 12.1 Å². The highest BCUT2D eigenvalue weighted by molar-refractivity contribution is 5.18. The van der Waals surface area contributed by atoms with Gasteiger partial charge in [-0.1, -0.05) is 12.0 Å². The van der Waals surface area contributed by atoms with E-state index < -0.39 is 0 Å². The predicted octanol–water partition coefficient (Wildman–Crippen LogP) is 1.77. The van der Waals surface area contributed by atoms with Crippen LogP contribution < -0.4 is 10.6 Å². The summed E-state index contributed by atoms with van der Waals surface area (Å²) in [7, 11) is 0. The van der Waals surface area contributed by atoms with E-state index in [1.54, 1.807) is 6.26 Å². The lowest BCUT2D eigenvalue weighted by molar-refractivity contribution is 0.471. The molecule has 0 amide bonds. The highest BCUT2D eigenvalue weighted by atomic mass is 16.4. The molecule has 0 bridgehead atoms. The van der Waals surface area contributed by atoms with Crippen LogP contribution in [0.25, 0.3) is 0 Å². The van der Waals surface area contributed by atoms with E-state index in [4.69, 9.17) is 8.83 Å². The Labute approximate surface area is 99.4 Å². The molecule has 6 nitrogen and oxygen atoms in total.